The summed E-state index contributed by atoms with van der Waals surface area (Å²) in [6, 6.07) is -0.401. The summed E-state index contributed by atoms with van der Waals surface area (Å²) in [6.45, 7) is 2.37. The van der Waals surface area contributed by atoms with Gasteiger partial charge in [-0.05, 0) is 19.8 Å². The maximum absolute atomic E-state index is 12.6. The number of aromatic nitrogens is 5. The Balaban J connectivity index is 1.95. The first-order chi connectivity index (χ1) is 9.90. The second kappa shape index (κ2) is 5.08. The lowest BCUT2D eigenvalue weighted by molar-refractivity contribution is 0.400. The van der Waals surface area contributed by atoms with Crippen LogP contribution >= 0.6 is 11.6 Å². The van der Waals surface area contributed by atoms with Gasteiger partial charge in [-0.25, -0.2) is 22.8 Å². The van der Waals surface area contributed by atoms with E-state index < -0.39 is 16.1 Å². The van der Waals surface area contributed by atoms with E-state index in [0.29, 0.717) is 17.9 Å². The van der Waals surface area contributed by atoms with E-state index in [1.54, 1.807) is 18.7 Å². The van der Waals surface area contributed by atoms with Gasteiger partial charge in [0.2, 0.25) is 10.0 Å². The smallest absolute Gasteiger partial charge is 0.246 e. The van der Waals surface area contributed by atoms with E-state index in [9.17, 15) is 8.42 Å². The molecule has 10 heteroatoms. The monoisotopic (exact) mass is 330 g/mol. The highest BCUT2D eigenvalue weighted by molar-refractivity contribution is 7.89. The fourth-order valence-corrected chi connectivity index (χ4v) is 4.54. The highest BCUT2D eigenvalue weighted by Gasteiger charge is 2.31. The minimum atomic E-state index is -3.77. The predicted octanol–water partition coefficient (Wildman–Crippen LogP) is 0.787. The first kappa shape index (κ1) is 14.5. The average Bonchev–Trinajstić information content (AvgIpc) is 2.95. The molecule has 0 spiro atoms. The summed E-state index contributed by atoms with van der Waals surface area (Å²) in [6.07, 6.45) is 2.95. The van der Waals surface area contributed by atoms with Gasteiger partial charge in [0.1, 0.15) is 22.2 Å². The van der Waals surface area contributed by atoms with Crippen LogP contribution in [0.2, 0.25) is 5.15 Å². The number of hydrogen-bond acceptors (Lipinski definition) is 5. The molecule has 1 atom stereocenters. The van der Waals surface area contributed by atoms with E-state index in [4.69, 9.17) is 11.6 Å². The molecule has 1 aliphatic heterocycles. The van der Waals surface area contributed by atoms with Crippen LogP contribution in [-0.4, -0.2) is 33.0 Å². The van der Waals surface area contributed by atoms with Crippen molar-refractivity contribution in [2.45, 2.75) is 37.2 Å². The number of nitrogens with one attached hydrogen (secondary N) is 1. The Labute approximate surface area is 127 Å². The molecule has 0 aromatic carbocycles. The number of hydrogen-bond donors (Lipinski definition) is 1. The lowest BCUT2D eigenvalue weighted by Crippen LogP contribution is -2.33. The van der Waals surface area contributed by atoms with E-state index in [0.717, 1.165) is 13.0 Å². The maximum atomic E-state index is 12.6. The first-order valence-electron chi connectivity index (χ1n) is 6.49. The average molecular weight is 331 g/mol. The van der Waals surface area contributed by atoms with Gasteiger partial charge in [-0.2, -0.15) is 10.2 Å². The second-order valence-corrected chi connectivity index (χ2v) is 7.00. The van der Waals surface area contributed by atoms with Crippen LogP contribution in [0.25, 0.3) is 0 Å². The molecule has 2 aromatic rings. The van der Waals surface area contributed by atoms with Crippen LogP contribution in [0.15, 0.2) is 11.2 Å². The van der Waals surface area contributed by atoms with Gasteiger partial charge in [-0.1, -0.05) is 11.6 Å². The Bertz CT molecular complexity index is 781. The normalized spacial score (nSPS) is 18.7. The molecule has 2 aromatic heterocycles. The van der Waals surface area contributed by atoms with Crippen molar-refractivity contribution in [2.24, 2.45) is 7.05 Å². The quantitative estimate of drug-likeness (QED) is 0.897. The van der Waals surface area contributed by atoms with Crippen molar-refractivity contribution in [3.8, 4) is 0 Å². The summed E-state index contributed by atoms with van der Waals surface area (Å²) in [7, 11) is -2.16. The molecule has 0 aliphatic carbocycles. The molecule has 0 saturated carbocycles. The molecule has 8 nitrogen and oxygen atoms in total. The summed E-state index contributed by atoms with van der Waals surface area (Å²) >= 11 is 6.04. The summed E-state index contributed by atoms with van der Waals surface area (Å²) in [5.41, 5.74) is 0.368. The second-order valence-electron chi connectivity index (χ2n) is 4.99. The zero-order valence-corrected chi connectivity index (χ0v) is 13.2. The van der Waals surface area contributed by atoms with Crippen molar-refractivity contribution in [1.29, 1.82) is 0 Å². The van der Waals surface area contributed by atoms with Crippen LogP contribution in [0.4, 0.5) is 0 Å². The van der Waals surface area contributed by atoms with Crippen molar-refractivity contribution >= 4 is 21.6 Å². The largest absolute Gasteiger partial charge is 0.255 e. The van der Waals surface area contributed by atoms with E-state index >= 15 is 0 Å². The third-order valence-electron chi connectivity index (χ3n) is 3.49. The Kier molecular flexibility index (Phi) is 3.50. The Morgan fingerprint density at radius 2 is 2.24 bits per heavy atom. The molecule has 0 unspecified atom stereocenters. The van der Waals surface area contributed by atoms with Gasteiger partial charge in [0.15, 0.2) is 0 Å². The van der Waals surface area contributed by atoms with Gasteiger partial charge >= 0.3 is 0 Å². The van der Waals surface area contributed by atoms with Gasteiger partial charge in [0.05, 0.1) is 11.7 Å². The van der Waals surface area contributed by atoms with Crippen molar-refractivity contribution in [3.05, 3.63) is 23.0 Å². The molecule has 0 bridgehead atoms. The van der Waals surface area contributed by atoms with E-state index in [1.165, 1.54) is 11.0 Å². The summed E-state index contributed by atoms with van der Waals surface area (Å²) in [5.74, 6) is 0.627. The molecule has 21 heavy (non-hydrogen) atoms. The third-order valence-corrected chi connectivity index (χ3v) is 5.65. The minimum Gasteiger partial charge on any atom is -0.255 e. The van der Waals surface area contributed by atoms with Gasteiger partial charge < -0.3 is 0 Å². The summed E-state index contributed by atoms with van der Waals surface area (Å²) in [4.78, 5) is 4.15. The van der Waals surface area contributed by atoms with Crippen molar-refractivity contribution in [1.82, 2.24) is 29.3 Å². The lowest BCUT2D eigenvalue weighted by Gasteiger charge is -2.22. The SMILES string of the molecule is Cc1nn(C)c(Cl)c1S(=O)(=O)N[C@@H]1CCCn2ncnc21. The molecular weight excluding hydrogens is 316 g/mol. The standard InChI is InChI=1S/C11H15ClN6O2S/c1-7-9(10(12)17(2)15-7)21(19,20)16-8-4-3-5-18-11(8)13-6-14-18/h6,8,16H,3-5H2,1-2H3/t8-/m1/s1. The number of fused-ring (bicyclic) bond motifs is 1. The van der Waals surface area contributed by atoms with Gasteiger partial charge in [-0.15, -0.1) is 0 Å². The van der Waals surface area contributed by atoms with Crippen LogP contribution in [0.3, 0.4) is 0 Å². The number of rotatable bonds is 3. The van der Waals surface area contributed by atoms with Crippen LogP contribution in [-0.2, 0) is 23.6 Å². The Morgan fingerprint density at radius 1 is 1.48 bits per heavy atom. The predicted molar refractivity (Wildman–Crippen MR) is 75.3 cm³/mol. The van der Waals surface area contributed by atoms with E-state index in [1.807, 2.05) is 0 Å². The number of nitrogens with zero attached hydrogens (tertiary/aromatic N) is 5. The van der Waals surface area contributed by atoms with Crippen LogP contribution in [0.1, 0.15) is 30.4 Å². The van der Waals surface area contributed by atoms with Gasteiger partial charge in [0.25, 0.3) is 0 Å². The highest BCUT2D eigenvalue weighted by atomic mass is 35.5. The minimum absolute atomic E-state index is 0.0169. The van der Waals surface area contributed by atoms with Crippen molar-refractivity contribution in [2.75, 3.05) is 0 Å². The fourth-order valence-electron chi connectivity index (χ4n) is 2.56. The first-order valence-corrected chi connectivity index (χ1v) is 8.35. The molecule has 3 rings (SSSR count). The highest BCUT2D eigenvalue weighted by Crippen LogP contribution is 2.28. The Morgan fingerprint density at radius 3 is 2.90 bits per heavy atom. The maximum Gasteiger partial charge on any atom is 0.246 e. The molecule has 0 fully saturated rings. The molecule has 0 saturated heterocycles. The zero-order valence-electron chi connectivity index (χ0n) is 11.6. The molecule has 1 aliphatic rings. The Hall–Kier alpha value is -1.45. The number of sulfonamides is 1. The molecule has 3 heterocycles. The number of halogens is 1. The lowest BCUT2D eigenvalue weighted by atomic mass is 10.1. The molecular formula is C11H15ClN6O2S. The third kappa shape index (κ3) is 2.45. The fraction of sp³-hybridized carbons (Fsp3) is 0.545. The topological polar surface area (TPSA) is 94.7 Å². The van der Waals surface area contributed by atoms with Gasteiger partial charge in [0, 0.05) is 13.6 Å². The zero-order chi connectivity index (χ0) is 15.2. The molecule has 0 radical (unpaired) electrons. The molecule has 1 N–H and O–H groups in total. The summed E-state index contributed by atoms with van der Waals surface area (Å²) < 4.78 is 30.9. The van der Waals surface area contributed by atoms with Crippen LogP contribution in [0, 0.1) is 6.92 Å². The van der Waals surface area contributed by atoms with Crippen LogP contribution < -0.4 is 4.72 Å². The van der Waals surface area contributed by atoms with Gasteiger partial charge in [-0.3, -0.25) is 4.68 Å². The van der Waals surface area contributed by atoms with Crippen LogP contribution in [0.5, 0.6) is 0 Å². The van der Waals surface area contributed by atoms with Crippen molar-refractivity contribution < 1.29 is 8.42 Å². The number of aryl methyl sites for hydroxylation is 3. The van der Waals surface area contributed by atoms with Crippen molar-refractivity contribution in [3.63, 3.8) is 0 Å². The molecule has 0 amide bonds. The van der Waals surface area contributed by atoms with E-state index in [2.05, 4.69) is 19.9 Å². The van der Waals surface area contributed by atoms with E-state index in [-0.39, 0.29) is 10.0 Å². The summed E-state index contributed by atoms with van der Waals surface area (Å²) in [5, 5.41) is 8.21. The molecule has 114 valence electrons.